The van der Waals surface area contributed by atoms with E-state index in [4.69, 9.17) is 0 Å². The second-order valence-electron chi connectivity index (χ2n) is 12.0. The van der Waals surface area contributed by atoms with E-state index in [0.29, 0.717) is 43.4 Å². The molecular formula is C31H50O3. The second kappa shape index (κ2) is 11.6. The zero-order chi connectivity index (χ0) is 25.7. The lowest BCUT2D eigenvalue weighted by Crippen LogP contribution is -2.39. The molecular weight excluding hydrogens is 420 g/mol. The third-order valence-corrected chi connectivity index (χ3v) is 9.56. The maximum absolute atomic E-state index is 10.4. The maximum Gasteiger partial charge on any atom is 0.125 e. The zero-order valence-electron chi connectivity index (χ0n) is 22.8. The highest BCUT2D eigenvalue weighted by Gasteiger charge is 2.52. The van der Waals surface area contributed by atoms with Crippen LogP contribution in [-0.2, 0) is 0 Å². The van der Waals surface area contributed by atoms with Crippen molar-refractivity contribution in [2.45, 2.75) is 118 Å². The molecule has 0 amide bonds. The van der Waals surface area contributed by atoms with E-state index in [9.17, 15) is 15.3 Å². The predicted octanol–water partition coefficient (Wildman–Crippen LogP) is 6.59. The molecule has 34 heavy (non-hydrogen) atoms. The van der Waals surface area contributed by atoms with Crippen molar-refractivity contribution >= 4 is 0 Å². The summed E-state index contributed by atoms with van der Waals surface area (Å²) >= 11 is 0. The molecule has 2 aliphatic carbocycles. The van der Waals surface area contributed by atoms with Crippen LogP contribution in [0.3, 0.4) is 0 Å². The van der Waals surface area contributed by atoms with Gasteiger partial charge in [-0.2, -0.15) is 0 Å². The molecule has 0 saturated heterocycles. The van der Waals surface area contributed by atoms with Gasteiger partial charge in [-0.1, -0.05) is 85.1 Å². The number of allylic oxidation sites excluding steroid dienone is 3. The molecule has 0 aromatic rings. The first-order chi connectivity index (χ1) is 15.8. The second-order valence-corrected chi connectivity index (χ2v) is 12.0. The van der Waals surface area contributed by atoms with Gasteiger partial charge in [0.25, 0.3) is 0 Å². The van der Waals surface area contributed by atoms with Gasteiger partial charge in [-0.25, -0.2) is 0 Å². The molecule has 2 fully saturated rings. The van der Waals surface area contributed by atoms with Crippen molar-refractivity contribution in [3.63, 3.8) is 0 Å². The lowest BCUT2D eigenvalue weighted by atomic mass is 9.58. The highest BCUT2D eigenvalue weighted by Crippen LogP contribution is 2.61. The van der Waals surface area contributed by atoms with Crippen LogP contribution in [0.2, 0.25) is 0 Å². The van der Waals surface area contributed by atoms with Gasteiger partial charge in [-0.15, -0.1) is 0 Å². The first kappa shape index (κ1) is 28.9. The average molecular weight is 471 g/mol. The molecule has 3 N–H and O–H groups in total. The lowest BCUT2D eigenvalue weighted by molar-refractivity contribution is 0.0346. The highest BCUT2D eigenvalue weighted by atomic mass is 16.3. The highest BCUT2D eigenvalue weighted by molar-refractivity contribution is 5.37. The number of hydrogen-bond acceptors (Lipinski definition) is 3. The van der Waals surface area contributed by atoms with Gasteiger partial charge in [0.2, 0.25) is 0 Å². The normalized spacial score (nSPS) is 32.6. The molecule has 0 aliphatic heterocycles. The van der Waals surface area contributed by atoms with E-state index in [1.165, 1.54) is 12.8 Å². The maximum atomic E-state index is 10.4. The minimum absolute atomic E-state index is 0.167. The fourth-order valence-electron chi connectivity index (χ4n) is 6.11. The summed E-state index contributed by atoms with van der Waals surface area (Å²) in [6.07, 6.45) is 12.0. The molecule has 2 aliphatic rings. The van der Waals surface area contributed by atoms with Crippen molar-refractivity contribution in [2.75, 3.05) is 0 Å². The molecule has 3 nitrogen and oxygen atoms in total. The van der Waals surface area contributed by atoms with Crippen molar-refractivity contribution < 1.29 is 15.3 Å². The van der Waals surface area contributed by atoms with Gasteiger partial charge in [-0.3, -0.25) is 0 Å². The Hall–Kier alpha value is -1.34. The molecule has 192 valence electrons. The molecule has 0 aromatic carbocycles. The van der Waals surface area contributed by atoms with E-state index in [1.54, 1.807) is 0 Å². The van der Waals surface area contributed by atoms with Gasteiger partial charge in [0.05, 0.1) is 12.2 Å². The Kier molecular flexibility index (Phi) is 9.85. The van der Waals surface area contributed by atoms with E-state index < -0.39 is 17.8 Å². The van der Waals surface area contributed by atoms with Gasteiger partial charge >= 0.3 is 0 Å². The Balaban J connectivity index is 2.03. The molecule has 0 radical (unpaired) electrons. The topological polar surface area (TPSA) is 60.7 Å². The monoisotopic (exact) mass is 470 g/mol. The van der Waals surface area contributed by atoms with Crippen molar-refractivity contribution in [3.8, 4) is 11.8 Å². The minimum Gasteiger partial charge on any atom is -0.393 e. The van der Waals surface area contributed by atoms with Crippen molar-refractivity contribution in [3.05, 3.63) is 36.0 Å². The largest absolute Gasteiger partial charge is 0.393 e. The molecule has 0 spiro atoms. The Morgan fingerprint density at radius 2 is 1.82 bits per heavy atom. The van der Waals surface area contributed by atoms with Gasteiger partial charge < -0.3 is 15.3 Å². The standard InChI is InChI=1S/C31H50O3/c1-9-31(34,10-2)17-12-13-22(3)19-23(4)30(8)18-16-26(29(30,6)7)15-11-14-25-20-27(32)21-28(33)24(25)5/h11,14-15,22-23,26-28,32-34H,5,9-10,13,16,18-21H2,1-4,6-8H3/b15-11+,25-14-/t22?,23-,26+,27+,28-,30+/m0/s1. The summed E-state index contributed by atoms with van der Waals surface area (Å²) < 4.78 is 0. The van der Waals surface area contributed by atoms with Crippen molar-refractivity contribution in [1.82, 2.24) is 0 Å². The van der Waals surface area contributed by atoms with Crippen LogP contribution >= 0.6 is 0 Å². The molecule has 0 aromatic heterocycles. The summed E-state index contributed by atoms with van der Waals surface area (Å²) in [6, 6.07) is 0. The van der Waals surface area contributed by atoms with Crippen LogP contribution in [0.25, 0.3) is 0 Å². The van der Waals surface area contributed by atoms with E-state index in [-0.39, 0.29) is 10.8 Å². The van der Waals surface area contributed by atoms with E-state index in [1.807, 2.05) is 19.9 Å². The molecule has 6 atom stereocenters. The Labute approximate surface area is 209 Å². The fraction of sp³-hybridized carbons (Fsp3) is 0.742. The summed E-state index contributed by atoms with van der Waals surface area (Å²) in [5.41, 5.74) is 1.28. The van der Waals surface area contributed by atoms with Crippen LogP contribution in [0, 0.1) is 40.4 Å². The fourth-order valence-corrected chi connectivity index (χ4v) is 6.11. The summed E-state index contributed by atoms with van der Waals surface area (Å²) in [5, 5.41) is 30.5. The van der Waals surface area contributed by atoms with Gasteiger partial charge in [-0.05, 0) is 78.3 Å². The zero-order valence-corrected chi connectivity index (χ0v) is 22.8. The Morgan fingerprint density at radius 1 is 1.18 bits per heavy atom. The Bertz CT molecular complexity index is 819. The summed E-state index contributed by atoms with van der Waals surface area (Å²) in [5.74, 6) is 7.96. The SMILES string of the molecule is C=C1/C(=C\C=C\[C@@H]2CC[C@](C)([C@@H](C)CC(C)CC#CC(O)(CC)CC)C2(C)C)C[C@@H](O)C[C@@H]1O. The van der Waals surface area contributed by atoms with Crippen LogP contribution < -0.4 is 0 Å². The Morgan fingerprint density at radius 3 is 2.44 bits per heavy atom. The van der Waals surface area contributed by atoms with Crippen LogP contribution in [-0.4, -0.2) is 33.1 Å². The summed E-state index contributed by atoms with van der Waals surface area (Å²) in [7, 11) is 0. The predicted molar refractivity (Wildman–Crippen MR) is 143 cm³/mol. The van der Waals surface area contributed by atoms with Gasteiger partial charge in [0.15, 0.2) is 0 Å². The molecule has 2 rings (SSSR count). The smallest absolute Gasteiger partial charge is 0.125 e. The van der Waals surface area contributed by atoms with Crippen LogP contribution in [0.15, 0.2) is 36.0 Å². The van der Waals surface area contributed by atoms with Gasteiger partial charge in [0.1, 0.15) is 5.60 Å². The molecule has 3 heteroatoms. The van der Waals surface area contributed by atoms with Crippen LogP contribution in [0.4, 0.5) is 0 Å². The number of aliphatic hydroxyl groups excluding tert-OH is 2. The first-order valence-electron chi connectivity index (χ1n) is 13.4. The van der Waals surface area contributed by atoms with E-state index >= 15 is 0 Å². The summed E-state index contributed by atoms with van der Waals surface area (Å²) in [6.45, 7) is 20.0. The minimum atomic E-state index is -0.834. The van der Waals surface area contributed by atoms with Crippen molar-refractivity contribution in [1.29, 1.82) is 0 Å². The molecule has 0 heterocycles. The average Bonchev–Trinajstić information content (AvgIpc) is 3.01. The van der Waals surface area contributed by atoms with E-state index in [2.05, 4.69) is 65.2 Å². The molecule has 0 bridgehead atoms. The van der Waals surface area contributed by atoms with E-state index in [0.717, 1.165) is 24.0 Å². The first-order valence-corrected chi connectivity index (χ1v) is 13.4. The third kappa shape index (κ3) is 6.45. The third-order valence-electron chi connectivity index (χ3n) is 9.56. The lowest BCUT2D eigenvalue weighted by Gasteiger charge is -2.46. The quantitative estimate of drug-likeness (QED) is 0.351. The molecule has 2 saturated carbocycles. The molecule has 1 unspecified atom stereocenters. The van der Waals surface area contributed by atoms with Crippen molar-refractivity contribution in [2.24, 2.45) is 28.6 Å². The number of hydrogen-bond donors (Lipinski definition) is 3. The number of rotatable bonds is 8. The van der Waals surface area contributed by atoms with Crippen LogP contribution in [0.1, 0.15) is 99.8 Å². The summed E-state index contributed by atoms with van der Waals surface area (Å²) in [4.78, 5) is 0. The van der Waals surface area contributed by atoms with Gasteiger partial charge in [0, 0.05) is 12.8 Å². The van der Waals surface area contributed by atoms with Crippen LogP contribution in [0.5, 0.6) is 0 Å². The number of aliphatic hydroxyl groups is 3.